The van der Waals surface area contributed by atoms with E-state index >= 15 is 0 Å². The Kier molecular flexibility index (Phi) is 3.10. The Hall–Kier alpha value is -1.55. The molecule has 1 aliphatic heterocycles. The predicted molar refractivity (Wildman–Crippen MR) is 59.3 cm³/mol. The molecule has 0 aliphatic carbocycles. The molecule has 1 amide bonds. The van der Waals surface area contributed by atoms with Crippen LogP contribution in [0.3, 0.4) is 0 Å². The first-order valence-electron chi connectivity index (χ1n) is 5.33. The molecule has 86 valence electrons. The van der Waals surface area contributed by atoms with Gasteiger partial charge in [-0.2, -0.15) is 0 Å². The highest BCUT2D eigenvalue weighted by Gasteiger charge is 2.30. The highest BCUT2D eigenvalue weighted by Crippen LogP contribution is 2.28. The average molecular weight is 221 g/mol. The number of aliphatic hydroxyl groups excluding tert-OH is 1. The van der Waals surface area contributed by atoms with Crippen LogP contribution >= 0.6 is 0 Å². The molecule has 0 saturated heterocycles. The second kappa shape index (κ2) is 4.53. The van der Waals surface area contributed by atoms with Gasteiger partial charge in [-0.15, -0.1) is 0 Å². The quantitative estimate of drug-likeness (QED) is 0.805. The normalized spacial score (nSPS) is 17.8. The van der Waals surface area contributed by atoms with E-state index in [1.54, 1.807) is 7.05 Å². The lowest BCUT2D eigenvalue weighted by molar-refractivity contribution is -0.137. The Labute approximate surface area is 94.4 Å². The molecule has 1 atom stereocenters. The third kappa shape index (κ3) is 2.02. The fraction of sp³-hybridized carbons (Fsp3) is 0.417. The summed E-state index contributed by atoms with van der Waals surface area (Å²) in [5, 5.41) is 8.77. The van der Waals surface area contributed by atoms with E-state index in [1.807, 2.05) is 24.3 Å². The van der Waals surface area contributed by atoms with Crippen LogP contribution in [0.5, 0.6) is 5.75 Å². The van der Waals surface area contributed by atoms with Gasteiger partial charge in [-0.3, -0.25) is 4.79 Å². The third-order valence-corrected chi connectivity index (χ3v) is 2.73. The van der Waals surface area contributed by atoms with Crippen LogP contribution < -0.4 is 4.74 Å². The number of aliphatic hydroxyl groups is 1. The van der Waals surface area contributed by atoms with Crippen molar-refractivity contribution in [1.82, 2.24) is 4.90 Å². The summed E-state index contributed by atoms with van der Waals surface area (Å²) in [4.78, 5) is 13.4. The molecule has 1 aromatic rings. The Balaban J connectivity index is 2.03. The van der Waals surface area contributed by atoms with E-state index in [2.05, 4.69) is 0 Å². The zero-order valence-corrected chi connectivity index (χ0v) is 9.22. The van der Waals surface area contributed by atoms with Gasteiger partial charge in [-0.25, -0.2) is 0 Å². The monoisotopic (exact) mass is 221 g/mol. The predicted octanol–water partition coefficient (Wildman–Crippen LogP) is 0.441. The fourth-order valence-electron chi connectivity index (χ4n) is 1.83. The molecule has 0 fully saturated rings. The maximum Gasteiger partial charge on any atom is 0.263 e. The molecule has 1 aliphatic rings. The molecule has 0 aromatic heterocycles. The molecule has 1 N–H and O–H groups in total. The molecule has 4 nitrogen and oxygen atoms in total. The topological polar surface area (TPSA) is 49.8 Å². The van der Waals surface area contributed by atoms with Crippen molar-refractivity contribution >= 4 is 5.91 Å². The molecular formula is C12H15NO3. The SMILES string of the molecule is CN(CCO)C(=O)C1Cc2ccccc2O1. The minimum atomic E-state index is -0.436. The Morgan fingerprint density at radius 2 is 2.31 bits per heavy atom. The van der Waals surface area contributed by atoms with E-state index in [4.69, 9.17) is 9.84 Å². The van der Waals surface area contributed by atoms with Gasteiger partial charge in [0.05, 0.1) is 6.61 Å². The lowest BCUT2D eigenvalue weighted by atomic mass is 10.1. The van der Waals surface area contributed by atoms with E-state index in [0.29, 0.717) is 13.0 Å². The molecular weight excluding hydrogens is 206 g/mol. The molecule has 0 radical (unpaired) electrons. The largest absolute Gasteiger partial charge is 0.480 e. The summed E-state index contributed by atoms with van der Waals surface area (Å²) in [5.74, 6) is 0.712. The van der Waals surface area contributed by atoms with Crippen molar-refractivity contribution in [2.45, 2.75) is 12.5 Å². The fourth-order valence-corrected chi connectivity index (χ4v) is 1.83. The van der Waals surface area contributed by atoms with Crippen molar-refractivity contribution in [2.75, 3.05) is 20.2 Å². The van der Waals surface area contributed by atoms with Gasteiger partial charge in [0.25, 0.3) is 5.91 Å². The number of carbonyl (C=O) groups is 1. The number of likely N-dealkylation sites (N-methyl/N-ethyl adjacent to an activating group) is 1. The van der Waals surface area contributed by atoms with Gasteiger partial charge in [-0.05, 0) is 11.6 Å². The number of ether oxygens (including phenoxy) is 1. The maximum atomic E-state index is 11.9. The van der Waals surface area contributed by atoms with E-state index in [-0.39, 0.29) is 12.5 Å². The van der Waals surface area contributed by atoms with E-state index in [1.165, 1.54) is 4.90 Å². The number of amides is 1. The summed E-state index contributed by atoms with van der Waals surface area (Å²) >= 11 is 0. The van der Waals surface area contributed by atoms with Gasteiger partial charge in [0, 0.05) is 20.0 Å². The van der Waals surface area contributed by atoms with Crippen LogP contribution in [0.2, 0.25) is 0 Å². The number of para-hydroxylation sites is 1. The number of rotatable bonds is 3. The van der Waals surface area contributed by atoms with Crippen molar-refractivity contribution in [2.24, 2.45) is 0 Å². The number of carbonyl (C=O) groups excluding carboxylic acids is 1. The minimum absolute atomic E-state index is 0.0259. The molecule has 1 aromatic carbocycles. The van der Waals surface area contributed by atoms with Crippen LogP contribution in [0.4, 0.5) is 0 Å². The zero-order chi connectivity index (χ0) is 11.5. The van der Waals surface area contributed by atoms with Crippen LogP contribution in [-0.4, -0.2) is 42.2 Å². The number of benzene rings is 1. The van der Waals surface area contributed by atoms with Gasteiger partial charge < -0.3 is 14.7 Å². The average Bonchev–Trinajstić information content (AvgIpc) is 2.71. The van der Waals surface area contributed by atoms with Crippen molar-refractivity contribution in [3.05, 3.63) is 29.8 Å². The zero-order valence-electron chi connectivity index (χ0n) is 9.22. The van der Waals surface area contributed by atoms with E-state index in [0.717, 1.165) is 11.3 Å². The van der Waals surface area contributed by atoms with Crippen LogP contribution in [0.15, 0.2) is 24.3 Å². The second-order valence-electron chi connectivity index (χ2n) is 3.90. The first-order valence-corrected chi connectivity index (χ1v) is 5.33. The summed E-state index contributed by atoms with van der Waals surface area (Å²) in [5.41, 5.74) is 1.07. The van der Waals surface area contributed by atoms with Crippen molar-refractivity contribution in [3.63, 3.8) is 0 Å². The van der Waals surface area contributed by atoms with Crippen LogP contribution in [-0.2, 0) is 11.2 Å². The summed E-state index contributed by atoms with van der Waals surface area (Å²) in [6, 6.07) is 7.67. The van der Waals surface area contributed by atoms with Crippen LogP contribution in [0, 0.1) is 0 Å². The Morgan fingerprint density at radius 3 is 3.00 bits per heavy atom. The first-order chi connectivity index (χ1) is 7.72. The number of hydrogen-bond donors (Lipinski definition) is 1. The minimum Gasteiger partial charge on any atom is -0.480 e. The maximum absolute atomic E-state index is 11.9. The molecule has 1 heterocycles. The van der Waals surface area contributed by atoms with Gasteiger partial charge in [0.2, 0.25) is 0 Å². The van der Waals surface area contributed by atoms with E-state index < -0.39 is 6.10 Å². The van der Waals surface area contributed by atoms with E-state index in [9.17, 15) is 4.79 Å². The highest BCUT2D eigenvalue weighted by molar-refractivity contribution is 5.82. The standard InChI is InChI=1S/C12H15NO3/c1-13(6-7-14)12(15)11-8-9-4-2-3-5-10(9)16-11/h2-5,11,14H,6-8H2,1H3. The lowest BCUT2D eigenvalue weighted by Crippen LogP contribution is -2.40. The van der Waals surface area contributed by atoms with Gasteiger partial charge in [-0.1, -0.05) is 18.2 Å². The smallest absolute Gasteiger partial charge is 0.263 e. The summed E-state index contributed by atoms with van der Waals surface area (Å²) in [7, 11) is 1.67. The van der Waals surface area contributed by atoms with Gasteiger partial charge in [0.1, 0.15) is 5.75 Å². The number of fused-ring (bicyclic) bond motifs is 1. The third-order valence-electron chi connectivity index (χ3n) is 2.73. The summed E-state index contributed by atoms with van der Waals surface area (Å²) in [6.07, 6.45) is 0.180. The van der Waals surface area contributed by atoms with Crippen molar-refractivity contribution in [3.8, 4) is 5.75 Å². The summed E-state index contributed by atoms with van der Waals surface area (Å²) < 4.78 is 5.56. The molecule has 0 spiro atoms. The van der Waals surface area contributed by atoms with Crippen LogP contribution in [0.25, 0.3) is 0 Å². The van der Waals surface area contributed by atoms with Crippen molar-refractivity contribution in [1.29, 1.82) is 0 Å². The second-order valence-corrected chi connectivity index (χ2v) is 3.90. The van der Waals surface area contributed by atoms with Crippen molar-refractivity contribution < 1.29 is 14.6 Å². The molecule has 16 heavy (non-hydrogen) atoms. The lowest BCUT2D eigenvalue weighted by Gasteiger charge is -2.19. The van der Waals surface area contributed by atoms with Gasteiger partial charge >= 0.3 is 0 Å². The molecule has 0 bridgehead atoms. The number of hydrogen-bond acceptors (Lipinski definition) is 3. The van der Waals surface area contributed by atoms with Gasteiger partial charge in [0.15, 0.2) is 6.10 Å². The molecule has 2 rings (SSSR count). The molecule has 1 unspecified atom stereocenters. The molecule has 4 heteroatoms. The molecule has 0 saturated carbocycles. The first kappa shape index (κ1) is 11.0. The highest BCUT2D eigenvalue weighted by atomic mass is 16.5. The Bertz CT molecular complexity index is 367. The Morgan fingerprint density at radius 1 is 1.56 bits per heavy atom. The summed E-state index contributed by atoms with van der Waals surface area (Å²) in [6.45, 7) is 0.316. The van der Waals surface area contributed by atoms with Crippen LogP contribution in [0.1, 0.15) is 5.56 Å². The number of nitrogens with zero attached hydrogens (tertiary/aromatic N) is 1.